The molecule has 0 radical (unpaired) electrons. The van der Waals surface area contributed by atoms with Crippen LogP contribution in [0.1, 0.15) is 18.0 Å². The fourth-order valence-electron chi connectivity index (χ4n) is 2.35. The van der Waals surface area contributed by atoms with E-state index >= 15 is 0 Å². The van der Waals surface area contributed by atoms with Gasteiger partial charge in [-0.3, -0.25) is 0 Å². The van der Waals surface area contributed by atoms with Crippen LogP contribution in [0.25, 0.3) is 0 Å². The largest absolute Gasteiger partial charge is 0.496 e. The number of benzene rings is 1. The third-order valence-electron chi connectivity index (χ3n) is 3.52. The van der Waals surface area contributed by atoms with Crippen LogP contribution in [0.5, 0.6) is 5.75 Å². The maximum atomic E-state index is 5.83. The Morgan fingerprint density at radius 3 is 2.95 bits per heavy atom. The summed E-state index contributed by atoms with van der Waals surface area (Å²) in [7, 11) is 3.64. The molecule has 1 aliphatic heterocycles. The second-order valence-corrected chi connectivity index (χ2v) is 4.85. The first-order chi connectivity index (χ1) is 9.35. The van der Waals surface area contributed by atoms with Crippen LogP contribution in [0.15, 0.2) is 24.3 Å². The maximum absolute atomic E-state index is 5.83. The Hall–Kier alpha value is -1.10. The van der Waals surface area contributed by atoms with Crippen LogP contribution >= 0.6 is 0 Å². The lowest BCUT2D eigenvalue weighted by Crippen LogP contribution is -2.24. The average Bonchev–Trinajstić information content (AvgIpc) is 2.97. The van der Waals surface area contributed by atoms with Crippen LogP contribution in [0.3, 0.4) is 0 Å². The zero-order chi connectivity index (χ0) is 13.5. The number of para-hydroxylation sites is 1. The Morgan fingerprint density at radius 1 is 1.42 bits per heavy atom. The van der Waals surface area contributed by atoms with Crippen molar-refractivity contribution in [3.05, 3.63) is 29.8 Å². The van der Waals surface area contributed by atoms with Crippen molar-refractivity contribution in [1.82, 2.24) is 5.32 Å². The molecular weight excluding hydrogens is 242 g/mol. The summed E-state index contributed by atoms with van der Waals surface area (Å²) in [5.74, 6) is 1.45. The highest BCUT2D eigenvalue weighted by molar-refractivity contribution is 5.35. The van der Waals surface area contributed by atoms with Gasteiger partial charge in [-0.15, -0.1) is 0 Å². The zero-order valence-corrected chi connectivity index (χ0v) is 11.7. The average molecular weight is 265 g/mol. The summed E-state index contributed by atoms with van der Waals surface area (Å²) >= 11 is 0. The number of hydrogen-bond donors (Lipinski definition) is 1. The van der Waals surface area contributed by atoms with E-state index < -0.39 is 0 Å². The van der Waals surface area contributed by atoms with E-state index in [1.807, 2.05) is 25.2 Å². The topological polar surface area (TPSA) is 39.7 Å². The standard InChI is InChI=1S/C15H23NO3/c1-16-14(11-19-10-12-7-8-18-9-12)13-5-3-4-6-15(13)17-2/h3-6,12,14,16H,7-11H2,1-2H3. The van der Waals surface area contributed by atoms with E-state index in [0.717, 1.165) is 37.6 Å². The molecule has 0 amide bonds. The maximum Gasteiger partial charge on any atom is 0.123 e. The molecule has 1 fully saturated rings. The van der Waals surface area contributed by atoms with Gasteiger partial charge in [0.1, 0.15) is 5.75 Å². The number of rotatable bonds is 7. The van der Waals surface area contributed by atoms with Crippen molar-refractivity contribution >= 4 is 0 Å². The van der Waals surface area contributed by atoms with Gasteiger partial charge in [0.05, 0.1) is 33.0 Å². The van der Waals surface area contributed by atoms with E-state index in [1.165, 1.54) is 0 Å². The molecule has 0 aliphatic carbocycles. The third-order valence-corrected chi connectivity index (χ3v) is 3.52. The summed E-state index contributed by atoms with van der Waals surface area (Å²) in [5.41, 5.74) is 1.13. The first-order valence-corrected chi connectivity index (χ1v) is 6.80. The zero-order valence-electron chi connectivity index (χ0n) is 11.7. The number of methoxy groups -OCH3 is 1. The monoisotopic (exact) mass is 265 g/mol. The summed E-state index contributed by atoms with van der Waals surface area (Å²) < 4.78 is 16.6. The summed E-state index contributed by atoms with van der Waals surface area (Å²) in [6.45, 7) is 3.12. The molecule has 0 bridgehead atoms. The summed E-state index contributed by atoms with van der Waals surface area (Å²) in [6, 6.07) is 8.20. The molecule has 1 aromatic rings. The minimum absolute atomic E-state index is 0.151. The van der Waals surface area contributed by atoms with Crippen molar-refractivity contribution in [3.8, 4) is 5.75 Å². The fourth-order valence-corrected chi connectivity index (χ4v) is 2.35. The van der Waals surface area contributed by atoms with Crippen LogP contribution in [0, 0.1) is 5.92 Å². The molecule has 0 spiro atoms. The third kappa shape index (κ3) is 3.93. The van der Waals surface area contributed by atoms with E-state index in [-0.39, 0.29) is 6.04 Å². The van der Waals surface area contributed by atoms with Crippen molar-refractivity contribution in [2.24, 2.45) is 5.92 Å². The lowest BCUT2D eigenvalue weighted by molar-refractivity contribution is 0.0753. The summed E-state index contributed by atoms with van der Waals surface area (Å²) in [4.78, 5) is 0. The number of ether oxygens (including phenoxy) is 3. The fraction of sp³-hybridized carbons (Fsp3) is 0.600. The highest BCUT2D eigenvalue weighted by Gasteiger charge is 2.18. The number of hydrogen-bond acceptors (Lipinski definition) is 4. The Morgan fingerprint density at radius 2 is 2.26 bits per heavy atom. The number of likely N-dealkylation sites (N-methyl/N-ethyl adjacent to an activating group) is 1. The van der Waals surface area contributed by atoms with Crippen molar-refractivity contribution in [3.63, 3.8) is 0 Å². The molecular formula is C15H23NO3. The smallest absolute Gasteiger partial charge is 0.123 e. The first-order valence-electron chi connectivity index (χ1n) is 6.80. The highest BCUT2D eigenvalue weighted by atomic mass is 16.5. The van der Waals surface area contributed by atoms with Crippen molar-refractivity contribution in [2.75, 3.05) is 40.6 Å². The quantitative estimate of drug-likeness (QED) is 0.818. The van der Waals surface area contributed by atoms with Gasteiger partial charge < -0.3 is 19.5 Å². The Bertz CT molecular complexity index is 377. The highest BCUT2D eigenvalue weighted by Crippen LogP contribution is 2.25. The van der Waals surface area contributed by atoms with Gasteiger partial charge >= 0.3 is 0 Å². The van der Waals surface area contributed by atoms with Gasteiger partial charge in [0.2, 0.25) is 0 Å². The Labute approximate surface area is 115 Å². The predicted molar refractivity (Wildman–Crippen MR) is 74.5 cm³/mol. The molecule has 0 aromatic heterocycles. The Kier molecular flexibility index (Phi) is 5.63. The summed E-state index contributed by atoms with van der Waals surface area (Å²) in [6.07, 6.45) is 1.11. The molecule has 2 unspecified atom stereocenters. The number of nitrogens with one attached hydrogen (secondary N) is 1. The second-order valence-electron chi connectivity index (χ2n) is 4.85. The molecule has 1 saturated heterocycles. The van der Waals surface area contributed by atoms with Crippen LogP contribution in [-0.2, 0) is 9.47 Å². The van der Waals surface area contributed by atoms with Gasteiger partial charge in [-0.25, -0.2) is 0 Å². The van der Waals surface area contributed by atoms with Crippen molar-refractivity contribution in [2.45, 2.75) is 12.5 Å². The van der Waals surface area contributed by atoms with Crippen LogP contribution in [0.2, 0.25) is 0 Å². The van der Waals surface area contributed by atoms with E-state index in [0.29, 0.717) is 12.5 Å². The van der Waals surface area contributed by atoms with E-state index in [2.05, 4.69) is 11.4 Å². The molecule has 106 valence electrons. The molecule has 4 nitrogen and oxygen atoms in total. The molecule has 2 rings (SSSR count). The minimum Gasteiger partial charge on any atom is -0.496 e. The molecule has 0 saturated carbocycles. The van der Waals surface area contributed by atoms with Gasteiger partial charge in [0.15, 0.2) is 0 Å². The van der Waals surface area contributed by atoms with Crippen molar-refractivity contribution < 1.29 is 14.2 Å². The normalized spacial score (nSPS) is 20.4. The summed E-state index contributed by atoms with van der Waals surface area (Å²) in [5, 5.41) is 3.28. The molecule has 1 aliphatic rings. The molecule has 1 N–H and O–H groups in total. The SMILES string of the molecule is CNC(COCC1CCOC1)c1ccccc1OC. The van der Waals surface area contributed by atoms with Gasteiger partial charge in [-0.2, -0.15) is 0 Å². The first kappa shape index (κ1) is 14.3. The van der Waals surface area contributed by atoms with E-state index in [9.17, 15) is 0 Å². The lowest BCUT2D eigenvalue weighted by atomic mass is 10.1. The molecule has 2 atom stereocenters. The van der Waals surface area contributed by atoms with E-state index in [4.69, 9.17) is 14.2 Å². The van der Waals surface area contributed by atoms with Gasteiger partial charge in [-0.1, -0.05) is 18.2 Å². The van der Waals surface area contributed by atoms with E-state index in [1.54, 1.807) is 7.11 Å². The Balaban J connectivity index is 1.88. The van der Waals surface area contributed by atoms with Crippen LogP contribution in [0.4, 0.5) is 0 Å². The lowest BCUT2D eigenvalue weighted by Gasteiger charge is -2.20. The van der Waals surface area contributed by atoms with Crippen LogP contribution in [-0.4, -0.2) is 40.6 Å². The molecule has 19 heavy (non-hydrogen) atoms. The predicted octanol–water partition coefficient (Wildman–Crippen LogP) is 2.01. The molecule has 4 heteroatoms. The van der Waals surface area contributed by atoms with Crippen molar-refractivity contribution in [1.29, 1.82) is 0 Å². The molecule has 1 heterocycles. The minimum atomic E-state index is 0.151. The van der Waals surface area contributed by atoms with Gasteiger partial charge in [0.25, 0.3) is 0 Å². The van der Waals surface area contributed by atoms with Gasteiger partial charge in [-0.05, 0) is 19.5 Å². The molecule has 1 aromatic carbocycles. The van der Waals surface area contributed by atoms with Crippen LogP contribution < -0.4 is 10.1 Å². The second kappa shape index (κ2) is 7.48. The van der Waals surface area contributed by atoms with Gasteiger partial charge in [0, 0.05) is 18.1 Å².